The Labute approximate surface area is 144 Å². The highest BCUT2D eigenvalue weighted by Gasteiger charge is 2.09. The number of anilines is 1. The molecule has 0 radical (unpaired) electrons. The van der Waals surface area contributed by atoms with Crippen molar-refractivity contribution in [2.24, 2.45) is 0 Å². The van der Waals surface area contributed by atoms with Gasteiger partial charge in [0.1, 0.15) is 5.69 Å². The lowest BCUT2D eigenvalue weighted by Gasteiger charge is -2.07. The van der Waals surface area contributed by atoms with Crippen LogP contribution >= 0.6 is 0 Å². The average Bonchev–Trinajstić information content (AvgIpc) is 3.16. The second-order valence-electron chi connectivity index (χ2n) is 5.48. The van der Waals surface area contributed by atoms with Crippen LogP contribution in [0.4, 0.5) is 5.69 Å². The summed E-state index contributed by atoms with van der Waals surface area (Å²) in [5.41, 5.74) is 2.75. The van der Waals surface area contributed by atoms with Gasteiger partial charge in [0.2, 0.25) is 0 Å². The van der Waals surface area contributed by atoms with E-state index in [1.54, 1.807) is 36.4 Å². The number of hydrogen-bond acceptors (Lipinski definition) is 4. The molecule has 3 aromatic rings. The van der Waals surface area contributed by atoms with Crippen molar-refractivity contribution in [1.29, 1.82) is 0 Å². The van der Waals surface area contributed by atoms with E-state index < -0.39 is 0 Å². The van der Waals surface area contributed by atoms with Crippen molar-refractivity contribution in [2.75, 3.05) is 5.32 Å². The van der Waals surface area contributed by atoms with Crippen molar-refractivity contribution in [3.8, 4) is 0 Å². The molecule has 0 unspecified atom stereocenters. The molecule has 0 spiro atoms. The van der Waals surface area contributed by atoms with Crippen LogP contribution in [-0.4, -0.2) is 16.8 Å². The Morgan fingerprint density at radius 1 is 1.00 bits per heavy atom. The molecule has 3 rings (SSSR count). The van der Waals surface area contributed by atoms with Crippen LogP contribution in [0.1, 0.15) is 32.3 Å². The number of aromatic nitrogens is 1. The van der Waals surface area contributed by atoms with Gasteiger partial charge in [0.25, 0.3) is 11.8 Å². The van der Waals surface area contributed by atoms with E-state index in [0.717, 1.165) is 11.3 Å². The van der Waals surface area contributed by atoms with Crippen LogP contribution in [-0.2, 0) is 6.54 Å². The van der Waals surface area contributed by atoms with Crippen molar-refractivity contribution >= 4 is 17.5 Å². The zero-order valence-electron chi connectivity index (χ0n) is 13.7. The Bertz CT molecular complexity index is 871. The van der Waals surface area contributed by atoms with Crippen LogP contribution in [0.2, 0.25) is 0 Å². The number of carbonyl (C=O) groups is 2. The van der Waals surface area contributed by atoms with Crippen molar-refractivity contribution in [1.82, 2.24) is 10.3 Å². The number of furan rings is 1. The molecule has 6 nitrogen and oxygen atoms in total. The van der Waals surface area contributed by atoms with Gasteiger partial charge in [-0.1, -0.05) is 18.2 Å². The topological polar surface area (TPSA) is 84.2 Å². The van der Waals surface area contributed by atoms with E-state index in [-0.39, 0.29) is 17.6 Å². The lowest BCUT2D eigenvalue weighted by molar-refractivity contribution is 0.0944. The zero-order valence-corrected chi connectivity index (χ0v) is 13.7. The molecule has 0 aliphatic carbocycles. The summed E-state index contributed by atoms with van der Waals surface area (Å²) in [5.74, 6) is -0.280. The summed E-state index contributed by atoms with van der Waals surface area (Å²) in [7, 11) is 0. The maximum Gasteiger partial charge on any atom is 0.291 e. The third-order valence-corrected chi connectivity index (χ3v) is 3.53. The third kappa shape index (κ3) is 4.32. The highest BCUT2D eigenvalue weighted by atomic mass is 16.3. The van der Waals surface area contributed by atoms with E-state index in [2.05, 4.69) is 15.6 Å². The SMILES string of the molecule is Cc1cccc(C(=O)NCc2ccc(NC(=O)c3ccco3)cc2)n1. The van der Waals surface area contributed by atoms with E-state index in [4.69, 9.17) is 4.42 Å². The highest BCUT2D eigenvalue weighted by molar-refractivity contribution is 6.02. The molecule has 6 heteroatoms. The Hall–Kier alpha value is -3.41. The van der Waals surface area contributed by atoms with Crippen LogP contribution < -0.4 is 10.6 Å². The first kappa shape index (κ1) is 16.4. The number of pyridine rings is 1. The summed E-state index contributed by atoms with van der Waals surface area (Å²) in [6, 6.07) is 15.8. The molecule has 0 saturated heterocycles. The van der Waals surface area contributed by atoms with Gasteiger partial charge in [-0.05, 0) is 48.9 Å². The van der Waals surface area contributed by atoms with Gasteiger partial charge in [0.05, 0.1) is 6.26 Å². The van der Waals surface area contributed by atoms with Crippen LogP contribution in [0.5, 0.6) is 0 Å². The van der Waals surface area contributed by atoms with Crippen LogP contribution in [0.3, 0.4) is 0 Å². The monoisotopic (exact) mass is 335 g/mol. The average molecular weight is 335 g/mol. The Morgan fingerprint density at radius 2 is 1.80 bits per heavy atom. The number of carbonyl (C=O) groups excluding carboxylic acids is 2. The normalized spacial score (nSPS) is 10.3. The summed E-state index contributed by atoms with van der Waals surface area (Å²) >= 11 is 0. The number of nitrogens with one attached hydrogen (secondary N) is 2. The van der Waals surface area contributed by atoms with Crippen LogP contribution in [0, 0.1) is 6.92 Å². The number of hydrogen-bond donors (Lipinski definition) is 2. The van der Waals surface area contributed by atoms with Gasteiger partial charge in [0.15, 0.2) is 5.76 Å². The first-order chi connectivity index (χ1) is 12.1. The van der Waals surface area contributed by atoms with Gasteiger partial charge in [-0.25, -0.2) is 4.98 Å². The highest BCUT2D eigenvalue weighted by Crippen LogP contribution is 2.12. The second kappa shape index (κ2) is 7.44. The van der Waals surface area contributed by atoms with Crippen molar-refractivity contribution in [3.05, 3.63) is 83.6 Å². The van der Waals surface area contributed by atoms with Crippen molar-refractivity contribution in [3.63, 3.8) is 0 Å². The second-order valence-corrected chi connectivity index (χ2v) is 5.48. The Kier molecular flexibility index (Phi) is 4.89. The predicted octanol–water partition coefficient (Wildman–Crippen LogP) is 3.17. The minimum Gasteiger partial charge on any atom is -0.459 e. The van der Waals surface area contributed by atoms with E-state index in [0.29, 0.717) is 17.9 Å². The molecule has 2 N–H and O–H groups in total. The van der Waals surface area contributed by atoms with Gasteiger partial charge < -0.3 is 15.1 Å². The fourth-order valence-electron chi connectivity index (χ4n) is 2.25. The summed E-state index contributed by atoms with van der Waals surface area (Å²) < 4.78 is 5.04. The van der Waals surface area contributed by atoms with Crippen LogP contribution in [0.15, 0.2) is 65.3 Å². The van der Waals surface area contributed by atoms with Gasteiger partial charge in [0, 0.05) is 17.9 Å². The summed E-state index contributed by atoms with van der Waals surface area (Å²) in [5, 5.41) is 5.56. The summed E-state index contributed by atoms with van der Waals surface area (Å²) in [6.45, 7) is 2.22. The Balaban J connectivity index is 1.56. The zero-order chi connectivity index (χ0) is 17.6. The van der Waals surface area contributed by atoms with E-state index >= 15 is 0 Å². The van der Waals surface area contributed by atoms with Gasteiger partial charge >= 0.3 is 0 Å². The molecule has 0 atom stereocenters. The lowest BCUT2D eigenvalue weighted by Crippen LogP contribution is -2.23. The molecule has 25 heavy (non-hydrogen) atoms. The molecule has 0 fully saturated rings. The smallest absolute Gasteiger partial charge is 0.291 e. The lowest BCUT2D eigenvalue weighted by atomic mass is 10.2. The fraction of sp³-hybridized carbons (Fsp3) is 0.105. The quantitative estimate of drug-likeness (QED) is 0.750. The molecule has 2 aromatic heterocycles. The first-order valence-electron chi connectivity index (χ1n) is 7.77. The van der Waals surface area contributed by atoms with Crippen molar-refractivity contribution < 1.29 is 14.0 Å². The third-order valence-electron chi connectivity index (χ3n) is 3.53. The summed E-state index contributed by atoms with van der Waals surface area (Å²) in [4.78, 5) is 28.2. The van der Waals surface area contributed by atoms with E-state index in [1.165, 1.54) is 6.26 Å². The molecule has 1 aromatic carbocycles. The molecule has 2 amide bonds. The van der Waals surface area contributed by atoms with Crippen LogP contribution in [0.25, 0.3) is 0 Å². The summed E-state index contributed by atoms with van der Waals surface area (Å²) in [6.07, 6.45) is 1.45. The minimum absolute atomic E-state index is 0.223. The molecular weight excluding hydrogens is 318 g/mol. The predicted molar refractivity (Wildman–Crippen MR) is 93.2 cm³/mol. The standard InChI is InChI=1S/C19H17N3O3/c1-13-4-2-5-16(21-13)18(23)20-12-14-7-9-15(10-8-14)22-19(24)17-6-3-11-25-17/h2-11H,12H2,1H3,(H,20,23)(H,22,24). The van der Waals surface area contributed by atoms with Gasteiger partial charge in [-0.3, -0.25) is 9.59 Å². The molecular formula is C19H17N3O3. The Morgan fingerprint density at radius 3 is 2.48 bits per heavy atom. The number of rotatable bonds is 5. The fourth-order valence-corrected chi connectivity index (χ4v) is 2.25. The van der Waals surface area contributed by atoms with E-state index in [1.807, 2.05) is 25.1 Å². The number of benzene rings is 1. The molecule has 0 bridgehead atoms. The number of amides is 2. The minimum atomic E-state index is -0.309. The largest absolute Gasteiger partial charge is 0.459 e. The maximum atomic E-state index is 12.1. The molecule has 0 aliphatic heterocycles. The molecule has 0 saturated carbocycles. The van der Waals surface area contributed by atoms with Gasteiger partial charge in [-0.15, -0.1) is 0 Å². The molecule has 126 valence electrons. The number of aryl methyl sites for hydroxylation is 1. The van der Waals surface area contributed by atoms with Gasteiger partial charge in [-0.2, -0.15) is 0 Å². The van der Waals surface area contributed by atoms with E-state index in [9.17, 15) is 9.59 Å². The molecule has 2 heterocycles. The first-order valence-corrected chi connectivity index (χ1v) is 7.77. The molecule has 0 aliphatic rings. The maximum absolute atomic E-state index is 12.1. The van der Waals surface area contributed by atoms with Crippen molar-refractivity contribution in [2.45, 2.75) is 13.5 Å². The number of nitrogens with zero attached hydrogens (tertiary/aromatic N) is 1.